The molecule has 0 aromatic heterocycles. The molecule has 2 fully saturated rings. The maximum Gasteiger partial charge on any atom is 0.00707 e. The van der Waals surface area contributed by atoms with Gasteiger partial charge in [0.2, 0.25) is 0 Å². The van der Waals surface area contributed by atoms with Gasteiger partial charge in [-0.1, -0.05) is 0 Å². The second-order valence-corrected chi connectivity index (χ2v) is 4.51. The molecule has 2 aliphatic heterocycles. The van der Waals surface area contributed by atoms with Gasteiger partial charge in [-0.25, -0.2) is 0 Å². The van der Waals surface area contributed by atoms with Gasteiger partial charge >= 0.3 is 0 Å². The van der Waals surface area contributed by atoms with Gasteiger partial charge in [0.1, 0.15) is 0 Å². The van der Waals surface area contributed by atoms with Gasteiger partial charge in [0.25, 0.3) is 0 Å². The number of thioether (sulfide) groups is 1. The van der Waals surface area contributed by atoms with E-state index in [0.29, 0.717) is 0 Å². The molecule has 1 unspecified atom stereocenters. The molecule has 1 nitrogen and oxygen atoms in total. The third-order valence-electron chi connectivity index (χ3n) is 2.49. The zero-order valence-corrected chi connectivity index (χ0v) is 7.12. The summed E-state index contributed by atoms with van der Waals surface area (Å²) >= 11 is 2.10. The lowest BCUT2D eigenvalue weighted by molar-refractivity contribution is 0.461. The van der Waals surface area contributed by atoms with Crippen LogP contribution in [0.3, 0.4) is 0 Å². The zero-order valence-electron chi connectivity index (χ0n) is 6.31. The van der Waals surface area contributed by atoms with Crippen LogP contribution in [0.25, 0.3) is 0 Å². The van der Waals surface area contributed by atoms with Crippen molar-refractivity contribution in [1.82, 2.24) is 5.32 Å². The molecule has 2 aliphatic rings. The van der Waals surface area contributed by atoms with Crippen LogP contribution in [-0.4, -0.2) is 24.1 Å². The van der Waals surface area contributed by atoms with Crippen molar-refractivity contribution in [3.63, 3.8) is 0 Å². The number of rotatable bonds is 2. The van der Waals surface area contributed by atoms with E-state index in [1.54, 1.807) is 0 Å². The van der Waals surface area contributed by atoms with Crippen LogP contribution in [0, 0.1) is 5.92 Å². The molecule has 0 aromatic carbocycles. The van der Waals surface area contributed by atoms with Crippen molar-refractivity contribution in [1.29, 1.82) is 0 Å². The number of hydrogen-bond acceptors (Lipinski definition) is 2. The first-order chi connectivity index (χ1) is 4.95. The third-order valence-corrected chi connectivity index (χ3v) is 3.90. The van der Waals surface area contributed by atoms with Gasteiger partial charge in [0.15, 0.2) is 0 Å². The molecule has 2 heterocycles. The van der Waals surface area contributed by atoms with Crippen molar-refractivity contribution in [2.45, 2.75) is 25.3 Å². The Morgan fingerprint density at radius 2 is 2.30 bits per heavy atom. The average molecular weight is 157 g/mol. The first-order valence-electron chi connectivity index (χ1n) is 4.26. The lowest BCUT2D eigenvalue weighted by Crippen LogP contribution is -2.29. The summed E-state index contributed by atoms with van der Waals surface area (Å²) in [5.41, 5.74) is 0. The molecule has 0 aromatic rings. The highest BCUT2D eigenvalue weighted by molar-refractivity contribution is 8.00. The van der Waals surface area contributed by atoms with Crippen LogP contribution in [0.4, 0.5) is 0 Å². The molecule has 2 heteroatoms. The first-order valence-corrected chi connectivity index (χ1v) is 5.42. The zero-order chi connectivity index (χ0) is 6.81. The fraction of sp³-hybridized carbons (Fsp3) is 1.00. The van der Waals surface area contributed by atoms with Crippen LogP contribution in [-0.2, 0) is 0 Å². The van der Waals surface area contributed by atoms with Gasteiger partial charge in [-0.2, -0.15) is 11.8 Å². The summed E-state index contributed by atoms with van der Waals surface area (Å²) in [6, 6.07) is 0.880. The molecular weight excluding hydrogens is 142 g/mol. The quantitative estimate of drug-likeness (QED) is 0.652. The molecule has 0 amide bonds. The molecule has 10 heavy (non-hydrogen) atoms. The predicted molar refractivity (Wildman–Crippen MR) is 46.5 cm³/mol. The molecule has 0 radical (unpaired) electrons. The van der Waals surface area contributed by atoms with Crippen LogP contribution in [0.1, 0.15) is 19.3 Å². The molecule has 2 saturated heterocycles. The van der Waals surface area contributed by atoms with Crippen molar-refractivity contribution in [3.8, 4) is 0 Å². The SMILES string of the molecule is C1CNC(CC2CSC2)C1. The fourth-order valence-electron chi connectivity index (χ4n) is 1.78. The molecule has 58 valence electrons. The second-order valence-electron chi connectivity index (χ2n) is 3.43. The molecular formula is C8H15NS. The molecule has 0 spiro atoms. The van der Waals surface area contributed by atoms with Gasteiger partial charge in [0, 0.05) is 6.04 Å². The maximum absolute atomic E-state index is 3.55. The summed E-state index contributed by atoms with van der Waals surface area (Å²) in [5.74, 6) is 3.91. The van der Waals surface area contributed by atoms with Gasteiger partial charge in [-0.15, -0.1) is 0 Å². The van der Waals surface area contributed by atoms with Crippen molar-refractivity contribution >= 4 is 11.8 Å². The Bertz CT molecular complexity index is 106. The number of hydrogen-bond donors (Lipinski definition) is 1. The van der Waals surface area contributed by atoms with Crippen LogP contribution >= 0.6 is 11.8 Å². The van der Waals surface area contributed by atoms with Gasteiger partial charge in [-0.3, -0.25) is 0 Å². The van der Waals surface area contributed by atoms with E-state index in [0.717, 1.165) is 12.0 Å². The van der Waals surface area contributed by atoms with E-state index in [1.807, 2.05) is 0 Å². The highest BCUT2D eigenvalue weighted by Crippen LogP contribution is 2.29. The lowest BCUT2D eigenvalue weighted by atomic mass is 10.0. The maximum atomic E-state index is 3.55. The molecule has 0 bridgehead atoms. The molecule has 2 rings (SSSR count). The Balaban J connectivity index is 1.68. The fourth-order valence-corrected chi connectivity index (χ4v) is 2.62. The largest absolute Gasteiger partial charge is 0.314 e. The van der Waals surface area contributed by atoms with Crippen LogP contribution in [0.2, 0.25) is 0 Å². The van der Waals surface area contributed by atoms with E-state index >= 15 is 0 Å². The van der Waals surface area contributed by atoms with Gasteiger partial charge in [-0.05, 0) is 43.2 Å². The minimum absolute atomic E-state index is 0.880. The minimum atomic E-state index is 0.880. The van der Waals surface area contributed by atoms with E-state index < -0.39 is 0 Å². The standard InChI is InChI=1S/C8H15NS/c1-2-8(9-3-1)4-7-5-10-6-7/h7-9H,1-6H2. The summed E-state index contributed by atoms with van der Waals surface area (Å²) in [4.78, 5) is 0. The summed E-state index contributed by atoms with van der Waals surface area (Å²) in [7, 11) is 0. The lowest BCUT2D eigenvalue weighted by Gasteiger charge is -2.27. The normalized spacial score (nSPS) is 34.2. The predicted octanol–water partition coefficient (Wildman–Crippen LogP) is 1.49. The van der Waals surface area contributed by atoms with Crippen molar-refractivity contribution in [2.75, 3.05) is 18.1 Å². The van der Waals surface area contributed by atoms with Crippen LogP contribution in [0.15, 0.2) is 0 Å². The van der Waals surface area contributed by atoms with E-state index in [9.17, 15) is 0 Å². The molecule has 0 saturated carbocycles. The molecule has 0 aliphatic carbocycles. The Kier molecular flexibility index (Phi) is 2.19. The Morgan fingerprint density at radius 3 is 2.80 bits per heavy atom. The van der Waals surface area contributed by atoms with E-state index in [1.165, 1.54) is 37.3 Å². The van der Waals surface area contributed by atoms with Gasteiger partial charge in [0.05, 0.1) is 0 Å². The van der Waals surface area contributed by atoms with Crippen LogP contribution < -0.4 is 5.32 Å². The highest BCUT2D eigenvalue weighted by Gasteiger charge is 2.23. The van der Waals surface area contributed by atoms with Gasteiger partial charge < -0.3 is 5.32 Å². The first kappa shape index (κ1) is 6.99. The van der Waals surface area contributed by atoms with E-state index in [4.69, 9.17) is 0 Å². The van der Waals surface area contributed by atoms with Crippen molar-refractivity contribution in [2.24, 2.45) is 5.92 Å². The highest BCUT2D eigenvalue weighted by atomic mass is 32.2. The summed E-state index contributed by atoms with van der Waals surface area (Å²) in [5, 5.41) is 3.55. The second kappa shape index (κ2) is 3.14. The topological polar surface area (TPSA) is 12.0 Å². The Morgan fingerprint density at radius 1 is 1.40 bits per heavy atom. The van der Waals surface area contributed by atoms with E-state index in [-0.39, 0.29) is 0 Å². The monoisotopic (exact) mass is 157 g/mol. The molecule has 1 N–H and O–H groups in total. The Labute approximate surface area is 67.0 Å². The van der Waals surface area contributed by atoms with Crippen LogP contribution in [0.5, 0.6) is 0 Å². The summed E-state index contributed by atoms with van der Waals surface area (Å²) in [6.45, 7) is 1.27. The van der Waals surface area contributed by atoms with Crippen molar-refractivity contribution in [3.05, 3.63) is 0 Å². The molecule has 1 atom stereocenters. The van der Waals surface area contributed by atoms with E-state index in [2.05, 4.69) is 17.1 Å². The summed E-state index contributed by atoms with van der Waals surface area (Å²) < 4.78 is 0. The third kappa shape index (κ3) is 1.48. The Hall–Kier alpha value is 0.310. The average Bonchev–Trinajstić information content (AvgIpc) is 2.29. The summed E-state index contributed by atoms with van der Waals surface area (Å²) in [6.07, 6.45) is 4.29. The number of nitrogens with one attached hydrogen (secondary N) is 1. The minimum Gasteiger partial charge on any atom is -0.314 e. The van der Waals surface area contributed by atoms with Crippen molar-refractivity contribution < 1.29 is 0 Å². The smallest absolute Gasteiger partial charge is 0.00707 e.